The number of likely N-dealkylation sites (N-methyl/N-ethyl adjacent to an activating group) is 2. The van der Waals surface area contributed by atoms with Crippen molar-refractivity contribution in [3.05, 3.63) is 35.4 Å². The first-order valence-corrected chi connectivity index (χ1v) is 17.5. The fourth-order valence-corrected chi connectivity index (χ4v) is 5.40. The zero-order valence-corrected chi connectivity index (χ0v) is 28.0. The van der Waals surface area contributed by atoms with E-state index in [1.54, 1.807) is 12.1 Å². The van der Waals surface area contributed by atoms with Crippen LogP contribution < -0.4 is 10.6 Å². The van der Waals surface area contributed by atoms with E-state index < -0.39 is 0 Å². The predicted molar refractivity (Wildman–Crippen MR) is 181 cm³/mol. The SMILES string of the molecule is CCCCCCCCCCCN(C)CCNC(=O)c1ccccc1C(=O)NCCN(C)CCCCCCCCCCC. The number of rotatable bonds is 28. The van der Waals surface area contributed by atoms with E-state index in [9.17, 15) is 9.59 Å². The van der Waals surface area contributed by atoms with Gasteiger partial charge in [0.2, 0.25) is 0 Å². The van der Waals surface area contributed by atoms with E-state index in [0.29, 0.717) is 24.2 Å². The van der Waals surface area contributed by atoms with Gasteiger partial charge in [0.1, 0.15) is 0 Å². The molecule has 6 heteroatoms. The molecule has 0 bridgehead atoms. The van der Waals surface area contributed by atoms with Crippen LogP contribution in [0.4, 0.5) is 0 Å². The monoisotopic (exact) mass is 587 g/mol. The second-order valence-corrected chi connectivity index (χ2v) is 12.3. The van der Waals surface area contributed by atoms with Gasteiger partial charge in [-0.3, -0.25) is 9.59 Å². The summed E-state index contributed by atoms with van der Waals surface area (Å²) in [7, 11) is 4.23. The number of unbranched alkanes of at least 4 members (excludes halogenated alkanes) is 16. The van der Waals surface area contributed by atoms with Gasteiger partial charge in [-0.2, -0.15) is 0 Å². The molecule has 0 fully saturated rings. The van der Waals surface area contributed by atoms with Gasteiger partial charge < -0.3 is 20.4 Å². The highest BCUT2D eigenvalue weighted by molar-refractivity contribution is 6.07. The van der Waals surface area contributed by atoms with E-state index in [1.165, 1.54) is 116 Å². The lowest BCUT2D eigenvalue weighted by Gasteiger charge is -2.18. The number of hydrogen-bond donors (Lipinski definition) is 2. The van der Waals surface area contributed by atoms with Crippen LogP contribution in [-0.4, -0.2) is 75.0 Å². The minimum atomic E-state index is -0.181. The van der Waals surface area contributed by atoms with Crippen molar-refractivity contribution < 1.29 is 9.59 Å². The van der Waals surface area contributed by atoms with Crippen LogP contribution in [0.2, 0.25) is 0 Å². The van der Waals surface area contributed by atoms with Crippen LogP contribution in [0.25, 0.3) is 0 Å². The molecule has 0 aliphatic carbocycles. The summed E-state index contributed by atoms with van der Waals surface area (Å²) in [4.78, 5) is 30.4. The molecule has 1 aromatic carbocycles. The lowest BCUT2D eigenvalue weighted by Crippen LogP contribution is -2.36. The molecule has 242 valence electrons. The van der Waals surface area contributed by atoms with Crippen LogP contribution >= 0.6 is 0 Å². The van der Waals surface area contributed by atoms with Crippen molar-refractivity contribution in [2.75, 3.05) is 53.4 Å². The molecule has 0 saturated heterocycles. The molecule has 0 spiro atoms. The van der Waals surface area contributed by atoms with Gasteiger partial charge in [0.25, 0.3) is 11.8 Å². The maximum Gasteiger partial charge on any atom is 0.252 e. The summed E-state index contributed by atoms with van der Waals surface area (Å²) in [5, 5.41) is 6.03. The lowest BCUT2D eigenvalue weighted by atomic mass is 10.1. The minimum Gasteiger partial charge on any atom is -0.351 e. The number of nitrogens with zero attached hydrogens (tertiary/aromatic N) is 2. The molecule has 0 aromatic heterocycles. The summed E-state index contributed by atoms with van der Waals surface area (Å²) < 4.78 is 0. The summed E-state index contributed by atoms with van der Waals surface area (Å²) in [6.07, 6.45) is 24.0. The van der Waals surface area contributed by atoms with E-state index in [2.05, 4.69) is 48.4 Å². The Morgan fingerprint density at radius 1 is 0.500 bits per heavy atom. The van der Waals surface area contributed by atoms with E-state index >= 15 is 0 Å². The largest absolute Gasteiger partial charge is 0.351 e. The van der Waals surface area contributed by atoms with Gasteiger partial charge >= 0.3 is 0 Å². The summed E-state index contributed by atoms with van der Waals surface area (Å²) >= 11 is 0. The van der Waals surface area contributed by atoms with Crippen LogP contribution in [0.5, 0.6) is 0 Å². The smallest absolute Gasteiger partial charge is 0.252 e. The summed E-state index contributed by atoms with van der Waals surface area (Å²) in [6, 6.07) is 7.12. The van der Waals surface area contributed by atoms with Crippen LogP contribution in [0, 0.1) is 0 Å². The Bertz CT molecular complexity index is 735. The Hall–Kier alpha value is -1.92. The number of benzene rings is 1. The molecule has 42 heavy (non-hydrogen) atoms. The molecule has 2 amide bonds. The van der Waals surface area contributed by atoms with Gasteiger partial charge in [0.15, 0.2) is 0 Å². The summed E-state index contributed by atoms with van der Waals surface area (Å²) in [5.74, 6) is -0.362. The van der Waals surface area contributed by atoms with Gasteiger partial charge in [-0.15, -0.1) is 0 Å². The van der Waals surface area contributed by atoms with Crippen molar-refractivity contribution in [3.8, 4) is 0 Å². The Labute approximate surface area is 259 Å². The standard InChI is InChI=1S/C36H66N4O2/c1-5-7-9-11-13-15-17-19-23-29-39(3)31-27-37-35(41)33-25-21-22-26-34(33)36(42)38-28-32-40(4)30-24-20-18-16-14-12-10-8-6-2/h21-22,25-26H,5-20,23-24,27-32H2,1-4H3,(H,37,41)(H,38,42). The molecule has 0 atom stereocenters. The first-order valence-electron chi connectivity index (χ1n) is 17.5. The van der Waals surface area contributed by atoms with Crippen molar-refractivity contribution in [1.29, 1.82) is 0 Å². The van der Waals surface area contributed by atoms with Crippen molar-refractivity contribution in [2.24, 2.45) is 0 Å². The zero-order valence-electron chi connectivity index (χ0n) is 28.0. The third-order valence-electron chi connectivity index (χ3n) is 8.26. The molecule has 0 radical (unpaired) electrons. The molecular weight excluding hydrogens is 520 g/mol. The van der Waals surface area contributed by atoms with Gasteiger partial charge in [-0.1, -0.05) is 129 Å². The molecule has 1 rings (SSSR count). The fraction of sp³-hybridized carbons (Fsp3) is 0.778. The van der Waals surface area contributed by atoms with E-state index in [-0.39, 0.29) is 11.8 Å². The Morgan fingerprint density at radius 2 is 0.810 bits per heavy atom. The average molecular weight is 587 g/mol. The van der Waals surface area contributed by atoms with Crippen LogP contribution in [0.1, 0.15) is 150 Å². The normalized spacial score (nSPS) is 11.4. The maximum absolute atomic E-state index is 12.9. The fourth-order valence-electron chi connectivity index (χ4n) is 5.40. The molecule has 6 nitrogen and oxygen atoms in total. The highest BCUT2D eigenvalue weighted by Crippen LogP contribution is 2.12. The Balaban J connectivity index is 2.21. The highest BCUT2D eigenvalue weighted by Gasteiger charge is 2.16. The molecule has 2 N–H and O–H groups in total. The van der Waals surface area contributed by atoms with Crippen molar-refractivity contribution in [3.63, 3.8) is 0 Å². The number of nitrogens with one attached hydrogen (secondary N) is 2. The van der Waals surface area contributed by atoms with E-state index in [1.807, 2.05) is 12.1 Å². The third kappa shape index (κ3) is 20.1. The number of carbonyl (C=O) groups excluding carboxylic acids is 2. The minimum absolute atomic E-state index is 0.181. The number of amides is 2. The van der Waals surface area contributed by atoms with Crippen molar-refractivity contribution >= 4 is 11.8 Å². The second-order valence-electron chi connectivity index (χ2n) is 12.3. The van der Waals surface area contributed by atoms with Crippen molar-refractivity contribution in [1.82, 2.24) is 20.4 Å². The molecular formula is C36H66N4O2. The topological polar surface area (TPSA) is 64.7 Å². The lowest BCUT2D eigenvalue weighted by molar-refractivity contribution is 0.0915. The second kappa shape index (κ2) is 26.7. The van der Waals surface area contributed by atoms with Gasteiger partial charge in [0, 0.05) is 26.2 Å². The first kappa shape index (κ1) is 38.1. The van der Waals surface area contributed by atoms with Gasteiger partial charge in [-0.05, 0) is 52.2 Å². The van der Waals surface area contributed by atoms with Crippen molar-refractivity contribution in [2.45, 2.75) is 129 Å². The molecule has 0 aliphatic heterocycles. The Kier molecular flexibility index (Phi) is 24.2. The predicted octanol–water partition coefficient (Wildman–Crippen LogP) is 8.07. The molecule has 0 aliphatic rings. The average Bonchev–Trinajstić information content (AvgIpc) is 2.99. The number of hydrogen-bond acceptors (Lipinski definition) is 4. The molecule has 0 unspecified atom stereocenters. The molecule has 0 heterocycles. The first-order chi connectivity index (χ1) is 20.5. The summed E-state index contributed by atoms with van der Waals surface area (Å²) in [6.45, 7) is 9.40. The van der Waals surface area contributed by atoms with E-state index in [0.717, 1.165) is 26.2 Å². The zero-order chi connectivity index (χ0) is 30.7. The number of carbonyl (C=O) groups is 2. The summed E-state index contributed by atoms with van der Waals surface area (Å²) in [5.41, 5.74) is 0.888. The van der Waals surface area contributed by atoms with Gasteiger partial charge in [-0.25, -0.2) is 0 Å². The van der Waals surface area contributed by atoms with Crippen LogP contribution in [0.15, 0.2) is 24.3 Å². The van der Waals surface area contributed by atoms with Crippen LogP contribution in [-0.2, 0) is 0 Å². The quantitative estimate of drug-likeness (QED) is 0.0975. The van der Waals surface area contributed by atoms with E-state index in [4.69, 9.17) is 0 Å². The Morgan fingerprint density at radius 3 is 1.14 bits per heavy atom. The van der Waals surface area contributed by atoms with Crippen LogP contribution in [0.3, 0.4) is 0 Å². The molecule has 1 aromatic rings. The molecule has 0 saturated carbocycles. The highest BCUT2D eigenvalue weighted by atomic mass is 16.2. The van der Waals surface area contributed by atoms with Gasteiger partial charge in [0.05, 0.1) is 11.1 Å². The maximum atomic E-state index is 12.9. The third-order valence-corrected chi connectivity index (χ3v) is 8.26.